The molecule has 0 aromatic rings. The van der Waals surface area contributed by atoms with Crippen LogP contribution in [0.2, 0.25) is 0 Å². The maximum Gasteiger partial charge on any atom is 0.320 e. The first-order valence-electron chi connectivity index (χ1n) is 7.47. The number of carbonyl (C=O) groups excluding carboxylic acids is 2. The summed E-state index contributed by atoms with van der Waals surface area (Å²) in [5.74, 6) is -0.983. The predicted octanol–water partition coefficient (Wildman–Crippen LogP) is 3.68. The van der Waals surface area contributed by atoms with Crippen molar-refractivity contribution >= 4 is 40.8 Å². The highest BCUT2D eigenvalue weighted by atomic mass is 32.9. The Labute approximate surface area is 147 Å². The largest absolute Gasteiger partial charge is 0.466 e. The lowest BCUT2D eigenvalue weighted by Crippen LogP contribution is -2.35. The molecular weight excluding hydrogens is 359 g/mol. The van der Waals surface area contributed by atoms with Gasteiger partial charge in [0.1, 0.15) is 10.9 Å². The van der Waals surface area contributed by atoms with E-state index in [0.29, 0.717) is 12.8 Å². The second kappa shape index (κ2) is 10.7. The molecule has 136 valence electrons. The molecule has 1 atom stereocenters. The van der Waals surface area contributed by atoms with E-state index in [9.17, 15) is 9.59 Å². The molecule has 0 aliphatic heterocycles. The molecule has 0 bridgehead atoms. The quantitative estimate of drug-likeness (QED) is 0.393. The second-order valence-electron chi connectivity index (χ2n) is 4.99. The van der Waals surface area contributed by atoms with Gasteiger partial charge in [-0.3, -0.25) is 9.59 Å². The summed E-state index contributed by atoms with van der Waals surface area (Å²) in [6, 6.07) is 0. The molecule has 23 heavy (non-hydrogen) atoms. The van der Waals surface area contributed by atoms with Gasteiger partial charge in [-0.1, -0.05) is 25.2 Å². The maximum absolute atomic E-state index is 12.5. The summed E-state index contributed by atoms with van der Waals surface area (Å²) in [6.45, 7) is 7.70. The molecule has 0 N–H and O–H groups in total. The standard InChI is InChI=1S/C14H27O6PS2/c1-7-14(4,8-2)20-13(16)11(10-12(15)19-9-3)23-21(22,17-5)18-6/h11H,7-10H2,1-6H3. The summed E-state index contributed by atoms with van der Waals surface area (Å²) in [7, 11) is 2.85. The van der Waals surface area contributed by atoms with E-state index in [0.717, 1.165) is 11.4 Å². The van der Waals surface area contributed by atoms with Crippen LogP contribution in [0, 0.1) is 0 Å². The smallest absolute Gasteiger partial charge is 0.320 e. The molecule has 6 nitrogen and oxygen atoms in total. The molecule has 0 heterocycles. The van der Waals surface area contributed by atoms with Gasteiger partial charge >= 0.3 is 11.9 Å². The molecule has 0 fully saturated rings. The molecule has 0 aliphatic carbocycles. The highest BCUT2D eigenvalue weighted by Gasteiger charge is 2.35. The SMILES string of the molecule is CCOC(=O)CC(SP(=S)(OC)OC)C(=O)OC(C)(CC)CC. The Morgan fingerprint density at radius 1 is 1.17 bits per heavy atom. The van der Waals surface area contributed by atoms with Crippen molar-refractivity contribution < 1.29 is 28.1 Å². The van der Waals surface area contributed by atoms with Gasteiger partial charge in [0.05, 0.1) is 13.0 Å². The Morgan fingerprint density at radius 3 is 2.09 bits per heavy atom. The average molecular weight is 386 g/mol. The molecule has 0 rings (SSSR count). The third-order valence-corrected chi connectivity index (χ3v) is 9.33. The van der Waals surface area contributed by atoms with Crippen molar-refractivity contribution in [2.24, 2.45) is 0 Å². The van der Waals surface area contributed by atoms with E-state index in [1.807, 2.05) is 20.8 Å². The predicted molar refractivity (Wildman–Crippen MR) is 96.0 cm³/mol. The molecule has 0 aliphatic rings. The van der Waals surface area contributed by atoms with Crippen LogP contribution in [0.4, 0.5) is 0 Å². The lowest BCUT2D eigenvalue weighted by Gasteiger charge is -2.30. The lowest BCUT2D eigenvalue weighted by molar-refractivity contribution is -0.160. The summed E-state index contributed by atoms with van der Waals surface area (Å²) in [5.41, 5.74) is -3.28. The van der Waals surface area contributed by atoms with E-state index in [1.165, 1.54) is 14.2 Å². The maximum atomic E-state index is 12.5. The van der Waals surface area contributed by atoms with Gasteiger partial charge in [0.25, 0.3) is 0 Å². The summed E-state index contributed by atoms with van der Waals surface area (Å²) >= 11 is 6.31. The Balaban J connectivity index is 5.21. The van der Waals surface area contributed by atoms with E-state index in [2.05, 4.69) is 0 Å². The molecule has 0 saturated carbocycles. The zero-order valence-corrected chi connectivity index (χ0v) is 17.1. The van der Waals surface area contributed by atoms with Crippen molar-refractivity contribution in [3.05, 3.63) is 0 Å². The molecule has 0 radical (unpaired) electrons. The normalized spacial score (nSPS) is 13.5. The number of esters is 2. The minimum Gasteiger partial charge on any atom is -0.466 e. The molecule has 9 heteroatoms. The number of ether oxygens (including phenoxy) is 2. The fourth-order valence-electron chi connectivity index (χ4n) is 1.55. The molecular formula is C14H27O6PS2. The van der Waals surface area contributed by atoms with E-state index in [1.54, 1.807) is 6.92 Å². The Hall–Kier alpha value is -0.140. The van der Waals surface area contributed by atoms with Gasteiger partial charge in [-0.25, -0.2) is 0 Å². The van der Waals surface area contributed by atoms with Crippen LogP contribution in [0.5, 0.6) is 0 Å². The van der Waals surface area contributed by atoms with Gasteiger partial charge in [0, 0.05) is 14.2 Å². The van der Waals surface area contributed by atoms with Crippen molar-refractivity contribution in [1.82, 2.24) is 0 Å². The first-order chi connectivity index (χ1) is 10.7. The summed E-state index contributed by atoms with van der Waals surface area (Å²) < 4.78 is 20.9. The van der Waals surface area contributed by atoms with E-state index < -0.39 is 28.5 Å². The van der Waals surface area contributed by atoms with Crippen molar-refractivity contribution in [2.75, 3.05) is 20.8 Å². The Morgan fingerprint density at radius 2 is 1.70 bits per heavy atom. The Kier molecular flexibility index (Phi) is 10.6. The van der Waals surface area contributed by atoms with Gasteiger partial charge in [-0.2, -0.15) is 0 Å². The van der Waals surface area contributed by atoms with Gasteiger partial charge in [0.2, 0.25) is 5.69 Å². The average Bonchev–Trinajstić information content (AvgIpc) is 2.54. The molecule has 0 aromatic heterocycles. The lowest BCUT2D eigenvalue weighted by atomic mass is 10.00. The monoisotopic (exact) mass is 386 g/mol. The second-order valence-corrected chi connectivity index (χ2v) is 11.6. The Bertz CT molecular complexity index is 431. The molecule has 1 unspecified atom stereocenters. The van der Waals surface area contributed by atoms with E-state index >= 15 is 0 Å². The third kappa shape index (κ3) is 7.98. The first-order valence-corrected chi connectivity index (χ1v) is 11.6. The van der Waals surface area contributed by atoms with Gasteiger partial charge in [0.15, 0.2) is 0 Å². The van der Waals surface area contributed by atoms with Crippen LogP contribution in [0.25, 0.3) is 0 Å². The molecule has 0 spiro atoms. The van der Waals surface area contributed by atoms with Crippen LogP contribution in [-0.2, 0) is 39.9 Å². The van der Waals surface area contributed by atoms with Gasteiger partial charge < -0.3 is 18.5 Å². The number of rotatable bonds is 11. The summed E-state index contributed by atoms with van der Waals surface area (Å²) in [4.78, 5) is 24.3. The van der Waals surface area contributed by atoms with Crippen molar-refractivity contribution in [1.29, 1.82) is 0 Å². The topological polar surface area (TPSA) is 71.1 Å². The first kappa shape index (κ1) is 22.9. The number of hydrogen-bond acceptors (Lipinski definition) is 8. The number of hydrogen-bond donors (Lipinski definition) is 0. The van der Waals surface area contributed by atoms with Crippen LogP contribution in [-0.4, -0.2) is 43.6 Å². The van der Waals surface area contributed by atoms with Gasteiger partial charge in [-0.05, 0) is 38.5 Å². The minimum absolute atomic E-state index is 0.133. The summed E-state index contributed by atoms with van der Waals surface area (Å²) in [6.07, 6.45) is 1.22. The van der Waals surface area contributed by atoms with E-state index in [-0.39, 0.29) is 13.0 Å². The van der Waals surface area contributed by atoms with Crippen molar-refractivity contribution in [3.63, 3.8) is 0 Å². The highest BCUT2D eigenvalue weighted by Crippen LogP contribution is 2.62. The van der Waals surface area contributed by atoms with Crippen LogP contribution in [0.15, 0.2) is 0 Å². The van der Waals surface area contributed by atoms with Crippen molar-refractivity contribution in [3.8, 4) is 0 Å². The van der Waals surface area contributed by atoms with Crippen LogP contribution >= 0.6 is 17.1 Å². The molecule has 0 amide bonds. The number of carbonyl (C=O) groups is 2. The van der Waals surface area contributed by atoms with Crippen LogP contribution < -0.4 is 0 Å². The highest BCUT2D eigenvalue weighted by molar-refractivity contribution is 8.68. The van der Waals surface area contributed by atoms with Crippen LogP contribution in [0.3, 0.4) is 0 Å². The van der Waals surface area contributed by atoms with E-state index in [4.69, 9.17) is 30.3 Å². The third-order valence-electron chi connectivity index (χ3n) is 3.47. The zero-order valence-electron chi connectivity index (χ0n) is 14.6. The molecule has 0 saturated heterocycles. The zero-order chi connectivity index (χ0) is 18.1. The van der Waals surface area contributed by atoms with Crippen molar-refractivity contribution in [2.45, 2.75) is 57.8 Å². The minimum atomic E-state index is -2.71. The van der Waals surface area contributed by atoms with Crippen LogP contribution in [0.1, 0.15) is 47.0 Å². The fourth-order valence-corrected chi connectivity index (χ4v) is 5.40. The summed E-state index contributed by atoms with van der Waals surface area (Å²) in [5, 5.41) is -0.822. The molecule has 0 aromatic carbocycles. The fraction of sp³-hybridized carbons (Fsp3) is 0.857. The van der Waals surface area contributed by atoms with Gasteiger partial charge in [-0.15, -0.1) is 0 Å².